The van der Waals surface area contributed by atoms with Gasteiger partial charge in [0.1, 0.15) is 5.75 Å². The molecule has 18 heavy (non-hydrogen) atoms. The van der Waals surface area contributed by atoms with Gasteiger partial charge in [0.25, 0.3) is 0 Å². The molecule has 2 aromatic rings. The van der Waals surface area contributed by atoms with E-state index in [-0.39, 0.29) is 6.04 Å². The number of rotatable bonds is 5. The molecule has 1 heterocycles. The third-order valence-electron chi connectivity index (χ3n) is 2.74. The van der Waals surface area contributed by atoms with E-state index in [1.54, 1.807) is 18.4 Å². The molecule has 0 fully saturated rings. The minimum atomic E-state index is 0.193. The lowest BCUT2D eigenvalue weighted by Crippen LogP contribution is -2.20. The SMILES string of the molecule is CCNC(c1ccc(OC)cc1)c1ccc(Cl)s1. The maximum absolute atomic E-state index is 6.01. The standard InChI is InChI=1S/C14H16ClNOS/c1-3-16-14(12-8-9-13(15)18-12)10-4-6-11(17-2)7-5-10/h4-9,14,16H,3H2,1-2H3. The summed E-state index contributed by atoms with van der Waals surface area (Å²) in [4.78, 5) is 1.23. The van der Waals surface area contributed by atoms with Crippen molar-refractivity contribution >= 4 is 22.9 Å². The van der Waals surface area contributed by atoms with Gasteiger partial charge in [-0.2, -0.15) is 0 Å². The number of benzene rings is 1. The fourth-order valence-corrected chi connectivity index (χ4v) is 3.03. The van der Waals surface area contributed by atoms with Gasteiger partial charge in [0, 0.05) is 4.88 Å². The van der Waals surface area contributed by atoms with E-state index in [1.165, 1.54) is 10.4 Å². The molecule has 0 bridgehead atoms. The van der Waals surface area contributed by atoms with Gasteiger partial charge in [0.05, 0.1) is 17.5 Å². The predicted molar refractivity (Wildman–Crippen MR) is 77.8 cm³/mol. The van der Waals surface area contributed by atoms with E-state index in [2.05, 4.69) is 30.4 Å². The smallest absolute Gasteiger partial charge is 0.118 e. The lowest BCUT2D eigenvalue weighted by molar-refractivity contribution is 0.414. The summed E-state index contributed by atoms with van der Waals surface area (Å²) in [5, 5.41) is 3.48. The van der Waals surface area contributed by atoms with Crippen LogP contribution in [-0.2, 0) is 0 Å². The topological polar surface area (TPSA) is 21.3 Å². The largest absolute Gasteiger partial charge is 0.497 e. The Bertz CT molecular complexity index is 495. The molecule has 1 atom stereocenters. The van der Waals surface area contributed by atoms with Crippen molar-refractivity contribution in [2.45, 2.75) is 13.0 Å². The van der Waals surface area contributed by atoms with Crippen LogP contribution >= 0.6 is 22.9 Å². The Morgan fingerprint density at radius 3 is 2.44 bits per heavy atom. The molecule has 0 spiro atoms. The van der Waals surface area contributed by atoms with Gasteiger partial charge in [0.2, 0.25) is 0 Å². The van der Waals surface area contributed by atoms with Crippen LogP contribution in [0.5, 0.6) is 5.75 Å². The molecule has 0 saturated heterocycles. The molecule has 1 N–H and O–H groups in total. The summed E-state index contributed by atoms with van der Waals surface area (Å²) in [5.41, 5.74) is 1.22. The Kier molecular flexibility index (Phi) is 4.64. The summed E-state index contributed by atoms with van der Waals surface area (Å²) >= 11 is 7.62. The highest BCUT2D eigenvalue weighted by molar-refractivity contribution is 7.16. The molecule has 0 aliphatic carbocycles. The normalized spacial score (nSPS) is 12.4. The van der Waals surface area contributed by atoms with Crippen molar-refractivity contribution in [2.24, 2.45) is 0 Å². The Hall–Kier alpha value is -1.03. The Balaban J connectivity index is 2.28. The summed E-state index contributed by atoms with van der Waals surface area (Å²) in [6.45, 7) is 3.01. The summed E-state index contributed by atoms with van der Waals surface area (Å²) in [6, 6.07) is 12.3. The summed E-state index contributed by atoms with van der Waals surface area (Å²) in [7, 11) is 1.68. The first-order valence-electron chi connectivity index (χ1n) is 5.87. The predicted octanol–water partition coefficient (Wildman–Crippen LogP) is 4.11. The number of hydrogen-bond donors (Lipinski definition) is 1. The number of hydrogen-bond acceptors (Lipinski definition) is 3. The molecule has 2 nitrogen and oxygen atoms in total. The van der Waals surface area contributed by atoms with Crippen LogP contribution in [0.1, 0.15) is 23.4 Å². The third-order valence-corrected chi connectivity index (χ3v) is 4.03. The van der Waals surface area contributed by atoms with Crippen LogP contribution in [0, 0.1) is 0 Å². The zero-order chi connectivity index (χ0) is 13.0. The molecule has 4 heteroatoms. The zero-order valence-electron chi connectivity index (χ0n) is 10.4. The van der Waals surface area contributed by atoms with Crippen LogP contribution in [0.4, 0.5) is 0 Å². The van der Waals surface area contributed by atoms with Gasteiger partial charge < -0.3 is 10.1 Å². The second kappa shape index (κ2) is 6.23. The number of ether oxygens (including phenoxy) is 1. The van der Waals surface area contributed by atoms with Gasteiger partial charge in [0.15, 0.2) is 0 Å². The second-order valence-electron chi connectivity index (χ2n) is 3.91. The number of halogens is 1. The number of methoxy groups -OCH3 is 1. The van der Waals surface area contributed by atoms with Crippen molar-refractivity contribution in [3.05, 3.63) is 51.2 Å². The van der Waals surface area contributed by atoms with Crippen LogP contribution in [0.25, 0.3) is 0 Å². The molecule has 0 amide bonds. The van der Waals surface area contributed by atoms with Crippen molar-refractivity contribution < 1.29 is 4.74 Å². The first-order chi connectivity index (χ1) is 8.74. The van der Waals surface area contributed by atoms with E-state index < -0.39 is 0 Å². The number of nitrogens with one attached hydrogen (secondary N) is 1. The quantitative estimate of drug-likeness (QED) is 0.890. The maximum Gasteiger partial charge on any atom is 0.118 e. The average molecular weight is 282 g/mol. The Morgan fingerprint density at radius 2 is 1.94 bits per heavy atom. The fourth-order valence-electron chi connectivity index (χ4n) is 1.87. The van der Waals surface area contributed by atoms with Gasteiger partial charge in [-0.1, -0.05) is 30.7 Å². The van der Waals surface area contributed by atoms with Gasteiger partial charge in [-0.3, -0.25) is 0 Å². The van der Waals surface area contributed by atoms with Gasteiger partial charge in [-0.25, -0.2) is 0 Å². The zero-order valence-corrected chi connectivity index (χ0v) is 12.0. The monoisotopic (exact) mass is 281 g/mol. The minimum Gasteiger partial charge on any atom is -0.497 e. The molecular weight excluding hydrogens is 266 g/mol. The Morgan fingerprint density at radius 1 is 1.22 bits per heavy atom. The molecular formula is C14H16ClNOS. The molecule has 0 saturated carbocycles. The molecule has 1 unspecified atom stereocenters. The lowest BCUT2D eigenvalue weighted by atomic mass is 10.1. The highest BCUT2D eigenvalue weighted by atomic mass is 35.5. The second-order valence-corrected chi connectivity index (χ2v) is 5.65. The first kappa shape index (κ1) is 13.4. The van der Waals surface area contributed by atoms with Crippen LogP contribution in [0.3, 0.4) is 0 Å². The van der Waals surface area contributed by atoms with Gasteiger partial charge >= 0.3 is 0 Å². The minimum absolute atomic E-state index is 0.193. The highest BCUT2D eigenvalue weighted by Gasteiger charge is 2.14. The van der Waals surface area contributed by atoms with Crippen LogP contribution < -0.4 is 10.1 Å². The molecule has 1 aromatic heterocycles. The number of thiophene rings is 1. The third kappa shape index (κ3) is 3.05. The van der Waals surface area contributed by atoms with E-state index in [0.717, 1.165) is 16.6 Å². The molecule has 0 radical (unpaired) electrons. The van der Waals surface area contributed by atoms with Crippen LogP contribution in [-0.4, -0.2) is 13.7 Å². The summed E-state index contributed by atoms with van der Waals surface area (Å²) in [6.07, 6.45) is 0. The molecule has 2 rings (SSSR count). The average Bonchev–Trinajstić information content (AvgIpc) is 2.82. The molecule has 1 aromatic carbocycles. The van der Waals surface area contributed by atoms with Gasteiger partial charge in [-0.15, -0.1) is 11.3 Å². The van der Waals surface area contributed by atoms with Crippen molar-refractivity contribution in [2.75, 3.05) is 13.7 Å². The van der Waals surface area contributed by atoms with Gasteiger partial charge in [-0.05, 0) is 36.4 Å². The van der Waals surface area contributed by atoms with E-state index >= 15 is 0 Å². The van der Waals surface area contributed by atoms with Crippen molar-refractivity contribution in [1.82, 2.24) is 5.32 Å². The van der Waals surface area contributed by atoms with Crippen molar-refractivity contribution in [1.29, 1.82) is 0 Å². The molecule has 0 aliphatic heterocycles. The van der Waals surface area contributed by atoms with Crippen molar-refractivity contribution in [3.63, 3.8) is 0 Å². The van der Waals surface area contributed by atoms with E-state index in [4.69, 9.17) is 16.3 Å². The first-order valence-corrected chi connectivity index (χ1v) is 7.06. The van der Waals surface area contributed by atoms with Crippen LogP contribution in [0.2, 0.25) is 4.34 Å². The maximum atomic E-state index is 6.01. The Labute approximate surface area is 117 Å². The fraction of sp³-hybridized carbons (Fsp3) is 0.286. The molecule has 0 aliphatic rings. The lowest BCUT2D eigenvalue weighted by Gasteiger charge is -2.17. The van der Waals surface area contributed by atoms with E-state index in [1.807, 2.05) is 18.2 Å². The van der Waals surface area contributed by atoms with E-state index in [0.29, 0.717) is 0 Å². The van der Waals surface area contributed by atoms with Crippen LogP contribution in [0.15, 0.2) is 36.4 Å². The molecule has 96 valence electrons. The van der Waals surface area contributed by atoms with Crippen molar-refractivity contribution in [3.8, 4) is 5.75 Å². The highest BCUT2D eigenvalue weighted by Crippen LogP contribution is 2.31. The summed E-state index contributed by atoms with van der Waals surface area (Å²) < 4.78 is 6.00. The van der Waals surface area contributed by atoms with E-state index in [9.17, 15) is 0 Å². The summed E-state index contributed by atoms with van der Waals surface area (Å²) in [5.74, 6) is 0.873.